The molecule has 5 aromatic rings. The lowest BCUT2D eigenvalue weighted by molar-refractivity contribution is 0.465. The quantitative estimate of drug-likeness (QED) is 0.363. The van der Waals surface area contributed by atoms with Gasteiger partial charge < -0.3 is 15.0 Å². The summed E-state index contributed by atoms with van der Waals surface area (Å²) >= 11 is 6.20. The number of anilines is 1. The summed E-state index contributed by atoms with van der Waals surface area (Å²) in [5.41, 5.74) is 5.11. The molecule has 0 aliphatic carbocycles. The summed E-state index contributed by atoms with van der Waals surface area (Å²) in [5, 5.41) is 15.5. The molecule has 0 amide bonds. The summed E-state index contributed by atoms with van der Waals surface area (Å²) < 4.78 is 4.67. The third-order valence-electron chi connectivity index (χ3n) is 6.94. The number of rotatable bonds is 2. The SMILES string of the molecule is Cc1ccc([C@H]2Nc3ccccc3-n3c(-c4ccc(Cl)cc4)c4c(=O)n(C)c(=O)n(C)c4c32)c(O)c1. The molecule has 1 aliphatic heterocycles. The normalized spacial score (nSPS) is 14.4. The van der Waals surface area contributed by atoms with Crippen molar-refractivity contribution in [3.63, 3.8) is 0 Å². The van der Waals surface area contributed by atoms with Crippen LogP contribution in [0.2, 0.25) is 5.02 Å². The van der Waals surface area contributed by atoms with E-state index in [9.17, 15) is 14.7 Å². The Hall–Kier alpha value is -4.23. The molecule has 36 heavy (non-hydrogen) atoms. The van der Waals surface area contributed by atoms with Crippen LogP contribution in [0.1, 0.15) is 22.9 Å². The molecule has 0 bridgehead atoms. The predicted molar refractivity (Wildman–Crippen MR) is 143 cm³/mol. The molecule has 7 nitrogen and oxygen atoms in total. The zero-order valence-corrected chi connectivity index (χ0v) is 20.7. The Balaban J connectivity index is 1.86. The van der Waals surface area contributed by atoms with Crippen molar-refractivity contribution in [2.45, 2.75) is 13.0 Å². The number of phenols is 1. The Bertz CT molecular complexity index is 1810. The Kier molecular flexibility index (Phi) is 4.88. The molecule has 0 spiro atoms. The molecule has 2 aromatic heterocycles. The molecule has 0 fully saturated rings. The van der Waals surface area contributed by atoms with Crippen molar-refractivity contribution in [3.8, 4) is 22.7 Å². The van der Waals surface area contributed by atoms with Crippen LogP contribution in [0.4, 0.5) is 5.69 Å². The highest BCUT2D eigenvalue weighted by Crippen LogP contribution is 2.46. The lowest BCUT2D eigenvalue weighted by atomic mass is 9.97. The Morgan fingerprint density at radius 1 is 0.944 bits per heavy atom. The maximum absolute atomic E-state index is 13.7. The van der Waals surface area contributed by atoms with Gasteiger partial charge in [0.1, 0.15) is 5.75 Å². The van der Waals surface area contributed by atoms with Gasteiger partial charge in [0.05, 0.1) is 39.7 Å². The Morgan fingerprint density at radius 2 is 1.67 bits per heavy atom. The van der Waals surface area contributed by atoms with Gasteiger partial charge in [0.15, 0.2) is 0 Å². The van der Waals surface area contributed by atoms with Crippen LogP contribution in [0.3, 0.4) is 0 Å². The van der Waals surface area contributed by atoms with Crippen molar-refractivity contribution >= 4 is 28.2 Å². The molecule has 0 radical (unpaired) electrons. The van der Waals surface area contributed by atoms with Gasteiger partial charge in [-0.2, -0.15) is 0 Å². The number of hydrogen-bond acceptors (Lipinski definition) is 4. The first-order valence-corrected chi connectivity index (χ1v) is 11.9. The average Bonchev–Trinajstić information content (AvgIpc) is 3.23. The maximum atomic E-state index is 13.7. The number of fused-ring (bicyclic) bond motifs is 5. The number of aromatic hydroxyl groups is 1. The van der Waals surface area contributed by atoms with Crippen LogP contribution in [-0.2, 0) is 14.1 Å². The molecule has 8 heteroatoms. The molecule has 0 saturated heterocycles. The first-order valence-electron chi connectivity index (χ1n) is 11.5. The number of nitrogens with one attached hydrogen (secondary N) is 1. The summed E-state index contributed by atoms with van der Waals surface area (Å²) in [6.45, 7) is 1.91. The third kappa shape index (κ3) is 3.06. The van der Waals surface area contributed by atoms with Crippen molar-refractivity contribution in [2.75, 3.05) is 5.32 Å². The summed E-state index contributed by atoms with van der Waals surface area (Å²) in [5.74, 6) is 0.134. The number of nitrogens with zero attached hydrogens (tertiary/aromatic N) is 3. The number of phenolic OH excluding ortho intramolecular Hbond substituents is 1. The van der Waals surface area contributed by atoms with E-state index in [-0.39, 0.29) is 11.3 Å². The van der Waals surface area contributed by atoms with Gasteiger partial charge in [-0.3, -0.25) is 13.9 Å². The van der Waals surface area contributed by atoms with Gasteiger partial charge in [0.25, 0.3) is 5.56 Å². The number of aryl methyl sites for hydroxylation is 2. The number of halogens is 1. The zero-order valence-electron chi connectivity index (χ0n) is 19.9. The predicted octanol–water partition coefficient (Wildman–Crippen LogP) is 4.88. The van der Waals surface area contributed by atoms with Gasteiger partial charge in [-0.05, 0) is 48.4 Å². The van der Waals surface area contributed by atoms with E-state index < -0.39 is 11.7 Å². The number of hydrogen-bond donors (Lipinski definition) is 2. The van der Waals surface area contributed by atoms with E-state index >= 15 is 0 Å². The molecule has 1 aliphatic rings. The van der Waals surface area contributed by atoms with Gasteiger partial charge >= 0.3 is 5.69 Å². The monoisotopic (exact) mass is 498 g/mol. The summed E-state index contributed by atoms with van der Waals surface area (Å²) in [7, 11) is 3.16. The second-order valence-corrected chi connectivity index (χ2v) is 9.60. The topological polar surface area (TPSA) is 81.2 Å². The fourth-order valence-corrected chi connectivity index (χ4v) is 5.36. The smallest absolute Gasteiger partial charge is 0.331 e. The van der Waals surface area contributed by atoms with E-state index in [1.165, 1.54) is 11.6 Å². The highest BCUT2D eigenvalue weighted by atomic mass is 35.5. The number of benzene rings is 3. The van der Waals surface area contributed by atoms with Crippen molar-refractivity contribution in [2.24, 2.45) is 14.1 Å². The van der Waals surface area contributed by atoms with E-state index in [1.807, 2.05) is 60.0 Å². The Labute approximate surface area is 211 Å². The van der Waals surface area contributed by atoms with Gasteiger partial charge in [0.2, 0.25) is 0 Å². The average molecular weight is 499 g/mol. The lowest BCUT2D eigenvalue weighted by Gasteiger charge is -2.31. The second-order valence-electron chi connectivity index (χ2n) is 9.16. The lowest BCUT2D eigenvalue weighted by Crippen LogP contribution is -2.37. The van der Waals surface area contributed by atoms with Gasteiger partial charge in [-0.25, -0.2) is 4.79 Å². The van der Waals surface area contributed by atoms with Gasteiger partial charge in [-0.15, -0.1) is 0 Å². The van der Waals surface area contributed by atoms with Crippen molar-refractivity contribution < 1.29 is 5.11 Å². The second kappa shape index (κ2) is 7.90. The minimum Gasteiger partial charge on any atom is -0.508 e. The first kappa shape index (κ1) is 22.2. The highest BCUT2D eigenvalue weighted by molar-refractivity contribution is 6.30. The minimum atomic E-state index is -0.526. The van der Waals surface area contributed by atoms with Crippen LogP contribution >= 0.6 is 11.6 Å². The third-order valence-corrected chi connectivity index (χ3v) is 7.19. The van der Waals surface area contributed by atoms with Crippen molar-refractivity contribution in [3.05, 3.63) is 109 Å². The molecule has 3 aromatic carbocycles. The van der Waals surface area contributed by atoms with Gasteiger partial charge in [-0.1, -0.05) is 48.0 Å². The molecule has 3 heterocycles. The Morgan fingerprint density at radius 3 is 2.39 bits per heavy atom. The van der Waals surface area contributed by atoms with Crippen LogP contribution in [0, 0.1) is 6.92 Å². The number of aromatic nitrogens is 3. The van der Waals surface area contributed by atoms with Crippen LogP contribution in [0.15, 0.2) is 76.3 Å². The fraction of sp³-hybridized carbons (Fsp3) is 0.143. The van der Waals surface area contributed by atoms with Crippen molar-refractivity contribution in [1.82, 2.24) is 13.7 Å². The fourth-order valence-electron chi connectivity index (χ4n) is 5.23. The van der Waals surface area contributed by atoms with Crippen LogP contribution in [-0.4, -0.2) is 18.8 Å². The van der Waals surface area contributed by atoms with Gasteiger partial charge in [0, 0.05) is 24.7 Å². The van der Waals surface area contributed by atoms with Crippen molar-refractivity contribution in [1.29, 1.82) is 0 Å². The molecular formula is C28H23ClN4O3. The summed E-state index contributed by atoms with van der Waals surface area (Å²) in [4.78, 5) is 26.8. The van der Waals surface area contributed by atoms with E-state index in [4.69, 9.17) is 11.6 Å². The number of para-hydroxylation sites is 2. The molecule has 0 saturated carbocycles. The first-order chi connectivity index (χ1) is 17.3. The standard InChI is InChI=1S/C28H23ClN4O3/c1-15-8-13-18(21(34)14-15)23-26-25-22(27(35)32(3)28(36)31(25)2)24(16-9-11-17(29)12-10-16)33(26)20-7-5-4-6-19(20)30-23/h4-14,23,30,34H,1-3H3/t23-/m1/s1. The molecule has 180 valence electrons. The molecule has 2 N–H and O–H groups in total. The summed E-state index contributed by atoms with van der Waals surface area (Å²) in [6.07, 6.45) is 0. The largest absolute Gasteiger partial charge is 0.508 e. The van der Waals surface area contributed by atoms with E-state index in [0.29, 0.717) is 32.9 Å². The highest BCUT2D eigenvalue weighted by Gasteiger charge is 2.35. The van der Waals surface area contributed by atoms with Crippen LogP contribution in [0.5, 0.6) is 5.75 Å². The molecule has 6 rings (SSSR count). The zero-order chi connectivity index (χ0) is 25.3. The molecular weight excluding hydrogens is 476 g/mol. The summed E-state index contributed by atoms with van der Waals surface area (Å²) in [6, 6.07) is 20.1. The van der Waals surface area contributed by atoms with E-state index in [1.54, 1.807) is 25.2 Å². The molecule has 1 atom stereocenters. The maximum Gasteiger partial charge on any atom is 0.331 e. The van der Waals surface area contributed by atoms with Crippen LogP contribution in [0.25, 0.3) is 27.8 Å². The van der Waals surface area contributed by atoms with Crippen LogP contribution < -0.4 is 16.6 Å². The molecule has 0 unspecified atom stereocenters. The van der Waals surface area contributed by atoms with E-state index in [0.717, 1.165) is 27.1 Å². The van der Waals surface area contributed by atoms with E-state index in [2.05, 4.69) is 5.32 Å². The minimum absolute atomic E-state index is 0.134.